The lowest BCUT2D eigenvalue weighted by atomic mass is 9.91. The number of nitrogens with two attached hydrogens (primary N) is 1. The molecule has 2 N–H and O–H groups in total. The second kappa shape index (κ2) is 5.94. The van der Waals surface area contributed by atoms with E-state index in [0.717, 1.165) is 18.6 Å². The molecule has 0 fully saturated rings. The molecular weight excluding hydrogens is 268 g/mol. The van der Waals surface area contributed by atoms with Crippen molar-refractivity contribution in [3.8, 4) is 5.75 Å². The molecular formula is C16H20N2OS. The van der Waals surface area contributed by atoms with Gasteiger partial charge in [0.1, 0.15) is 5.75 Å². The van der Waals surface area contributed by atoms with Crippen molar-refractivity contribution in [2.45, 2.75) is 31.6 Å². The molecule has 1 aliphatic carbocycles. The number of thiazole rings is 1. The molecule has 0 amide bonds. The lowest BCUT2D eigenvalue weighted by Gasteiger charge is -2.18. The van der Waals surface area contributed by atoms with E-state index in [1.165, 1.54) is 34.0 Å². The Morgan fingerprint density at radius 2 is 2.25 bits per heavy atom. The molecule has 3 rings (SSSR count). The van der Waals surface area contributed by atoms with Gasteiger partial charge < -0.3 is 10.5 Å². The number of ether oxygens (including phenoxy) is 1. The van der Waals surface area contributed by atoms with Gasteiger partial charge in [0.15, 0.2) is 0 Å². The molecule has 0 spiro atoms. The van der Waals surface area contributed by atoms with Crippen molar-refractivity contribution in [1.29, 1.82) is 0 Å². The zero-order valence-electron chi connectivity index (χ0n) is 11.8. The quantitative estimate of drug-likeness (QED) is 0.940. The number of hydrogen-bond donors (Lipinski definition) is 1. The van der Waals surface area contributed by atoms with Gasteiger partial charge in [-0.05, 0) is 25.3 Å². The topological polar surface area (TPSA) is 48.1 Å². The molecule has 3 nitrogen and oxygen atoms in total. The maximum atomic E-state index is 5.87. The molecule has 0 bridgehead atoms. The Balaban J connectivity index is 1.87. The first kappa shape index (κ1) is 13.6. The third kappa shape index (κ3) is 2.58. The largest absolute Gasteiger partial charge is 0.496 e. The predicted molar refractivity (Wildman–Crippen MR) is 82.6 cm³/mol. The smallest absolute Gasteiger partial charge is 0.122 e. The van der Waals surface area contributed by atoms with Crippen molar-refractivity contribution in [3.05, 3.63) is 45.4 Å². The van der Waals surface area contributed by atoms with E-state index in [-0.39, 0.29) is 0 Å². The Hall–Kier alpha value is -1.39. The van der Waals surface area contributed by atoms with E-state index in [1.807, 2.05) is 29.5 Å². The fourth-order valence-corrected chi connectivity index (χ4v) is 4.09. The van der Waals surface area contributed by atoms with Crippen molar-refractivity contribution < 1.29 is 4.74 Å². The Morgan fingerprint density at radius 1 is 1.40 bits per heavy atom. The van der Waals surface area contributed by atoms with Crippen LogP contribution in [0.3, 0.4) is 0 Å². The van der Waals surface area contributed by atoms with Gasteiger partial charge in [0, 0.05) is 29.3 Å². The number of hydrogen-bond acceptors (Lipinski definition) is 4. The molecule has 1 heterocycles. The van der Waals surface area contributed by atoms with E-state index in [2.05, 4.69) is 6.07 Å². The van der Waals surface area contributed by atoms with Crippen molar-refractivity contribution in [3.63, 3.8) is 0 Å². The van der Waals surface area contributed by atoms with Gasteiger partial charge in [0.2, 0.25) is 0 Å². The van der Waals surface area contributed by atoms with Crippen LogP contribution >= 0.6 is 11.3 Å². The van der Waals surface area contributed by atoms with Crippen LogP contribution in [0.15, 0.2) is 24.3 Å². The van der Waals surface area contributed by atoms with Crippen LogP contribution in [0.5, 0.6) is 5.75 Å². The molecule has 0 saturated carbocycles. The molecule has 4 heteroatoms. The second-order valence-corrected chi connectivity index (χ2v) is 6.40. The van der Waals surface area contributed by atoms with Crippen molar-refractivity contribution in [2.75, 3.05) is 13.7 Å². The molecule has 0 aliphatic heterocycles. The maximum Gasteiger partial charge on any atom is 0.122 e. The van der Waals surface area contributed by atoms with Crippen LogP contribution in [-0.4, -0.2) is 18.6 Å². The van der Waals surface area contributed by atoms with E-state index in [1.54, 1.807) is 7.11 Å². The van der Waals surface area contributed by atoms with Crippen LogP contribution in [0, 0.1) is 0 Å². The average molecular weight is 288 g/mol. The van der Waals surface area contributed by atoms with Gasteiger partial charge in [-0.3, -0.25) is 0 Å². The Bertz CT molecular complexity index is 594. The molecule has 0 saturated heterocycles. The van der Waals surface area contributed by atoms with Crippen LogP contribution in [0.1, 0.15) is 39.9 Å². The second-order valence-electron chi connectivity index (χ2n) is 5.23. The summed E-state index contributed by atoms with van der Waals surface area (Å²) in [6, 6.07) is 8.17. The first-order chi connectivity index (χ1) is 9.81. The first-order valence-electron chi connectivity index (χ1n) is 7.12. The molecule has 20 heavy (non-hydrogen) atoms. The molecule has 1 aromatic carbocycles. The lowest BCUT2D eigenvalue weighted by Crippen LogP contribution is -2.17. The standard InChI is InChI=1S/C16H20N2OS/c1-19-13-7-3-2-5-11(13)9-15-18-16-12(10-17)6-4-8-14(16)20-15/h2-3,5,7,12H,4,6,8-10,17H2,1H3. The number of fused-ring (bicyclic) bond motifs is 1. The highest BCUT2D eigenvalue weighted by atomic mass is 32.1. The monoisotopic (exact) mass is 288 g/mol. The fourth-order valence-electron chi connectivity index (χ4n) is 2.87. The Labute approximate surface area is 123 Å². The van der Waals surface area contributed by atoms with Crippen molar-refractivity contribution >= 4 is 11.3 Å². The third-order valence-electron chi connectivity index (χ3n) is 3.93. The van der Waals surface area contributed by atoms with Crippen LogP contribution < -0.4 is 10.5 Å². The highest BCUT2D eigenvalue weighted by molar-refractivity contribution is 7.11. The summed E-state index contributed by atoms with van der Waals surface area (Å²) in [4.78, 5) is 6.30. The van der Waals surface area contributed by atoms with Crippen molar-refractivity contribution in [2.24, 2.45) is 5.73 Å². The number of para-hydroxylation sites is 1. The first-order valence-corrected chi connectivity index (χ1v) is 7.94. The zero-order chi connectivity index (χ0) is 13.9. The summed E-state index contributed by atoms with van der Waals surface area (Å²) in [5.74, 6) is 1.40. The van der Waals surface area contributed by atoms with Crippen LogP contribution in [-0.2, 0) is 12.8 Å². The van der Waals surface area contributed by atoms with E-state index in [0.29, 0.717) is 12.5 Å². The maximum absolute atomic E-state index is 5.87. The van der Waals surface area contributed by atoms with Gasteiger partial charge in [0.05, 0.1) is 17.8 Å². The van der Waals surface area contributed by atoms with Gasteiger partial charge in [-0.15, -0.1) is 11.3 Å². The summed E-state index contributed by atoms with van der Waals surface area (Å²) in [5, 5.41) is 1.18. The number of aryl methyl sites for hydroxylation is 1. The lowest BCUT2D eigenvalue weighted by molar-refractivity contribution is 0.410. The number of nitrogens with zero attached hydrogens (tertiary/aromatic N) is 1. The minimum atomic E-state index is 0.460. The van der Waals surface area contributed by atoms with E-state index in [4.69, 9.17) is 15.5 Å². The molecule has 1 unspecified atom stereocenters. The van der Waals surface area contributed by atoms with E-state index < -0.39 is 0 Å². The summed E-state index contributed by atoms with van der Waals surface area (Å²) in [6.45, 7) is 0.713. The molecule has 1 atom stereocenters. The predicted octanol–water partition coefficient (Wildman–Crippen LogP) is 3.12. The van der Waals surface area contributed by atoms with Crippen molar-refractivity contribution in [1.82, 2.24) is 4.98 Å². The van der Waals surface area contributed by atoms with Crippen LogP contribution in [0.25, 0.3) is 0 Å². The summed E-state index contributed by atoms with van der Waals surface area (Å²) in [7, 11) is 1.72. The fraction of sp³-hybridized carbons (Fsp3) is 0.438. The average Bonchev–Trinajstić information content (AvgIpc) is 2.90. The Kier molecular flexibility index (Phi) is 4.03. The summed E-state index contributed by atoms with van der Waals surface area (Å²) in [5.41, 5.74) is 8.33. The minimum Gasteiger partial charge on any atom is -0.496 e. The molecule has 1 aliphatic rings. The number of aromatic nitrogens is 1. The van der Waals surface area contributed by atoms with Gasteiger partial charge in [-0.2, -0.15) is 0 Å². The number of methoxy groups -OCH3 is 1. The summed E-state index contributed by atoms with van der Waals surface area (Å²) in [6.07, 6.45) is 4.43. The van der Waals surface area contributed by atoms with Gasteiger partial charge in [0.25, 0.3) is 0 Å². The van der Waals surface area contributed by atoms with E-state index in [9.17, 15) is 0 Å². The normalized spacial score (nSPS) is 17.8. The highest BCUT2D eigenvalue weighted by Crippen LogP contribution is 2.35. The number of benzene rings is 1. The minimum absolute atomic E-state index is 0.460. The Morgan fingerprint density at radius 3 is 3.05 bits per heavy atom. The van der Waals surface area contributed by atoms with Gasteiger partial charge >= 0.3 is 0 Å². The zero-order valence-corrected chi connectivity index (χ0v) is 12.6. The van der Waals surface area contributed by atoms with Gasteiger partial charge in [-0.1, -0.05) is 18.2 Å². The SMILES string of the molecule is COc1ccccc1Cc1nc2c(s1)CCCC2CN. The molecule has 2 aromatic rings. The summed E-state index contributed by atoms with van der Waals surface area (Å²) >= 11 is 1.85. The van der Waals surface area contributed by atoms with Crippen LogP contribution in [0.4, 0.5) is 0 Å². The highest BCUT2D eigenvalue weighted by Gasteiger charge is 2.23. The number of rotatable bonds is 4. The van der Waals surface area contributed by atoms with Crippen LogP contribution in [0.2, 0.25) is 0 Å². The van der Waals surface area contributed by atoms with Gasteiger partial charge in [-0.25, -0.2) is 4.98 Å². The van der Waals surface area contributed by atoms with E-state index >= 15 is 0 Å². The third-order valence-corrected chi connectivity index (χ3v) is 5.06. The molecule has 0 radical (unpaired) electrons. The molecule has 1 aromatic heterocycles. The molecule has 106 valence electrons. The summed E-state index contributed by atoms with van der Waals surface area (Å²) < 4.78 is 5.42.